The van der Waals surface area contributed by atoms with Crippen molar-refractivity contribution in [2.45, 2.75) is 13.8 Å². The van der Waals surface area contributed by atoms with Gasteiger partial charge in [0.25, 0.3) is 0 Å². The van der Waals surface area contributed by atoms with E-state index >= 15 is 0 Å². The predicted molar refractivity (Wildman–Crippen MR) is 70.8 cm³/mol. The molecule has 1 aromatic rings. The molecule has 0 saturated carbocycles. The van der Waals surface area contributed by atoms with E-state index in [9.17, 15) is 0 Å². The number of halogens is 1. The quantitative estimate of drug-likeness (QED) is 0.599. The summed E-state index contributed by atoms with van der Waals surface area (Å²) < 4.78 is 1.23. The lowest BCUT2D eigenvalue weighted by molar-refractivity contribution is 0.959. The van der Waals surface area contributed by atoms with E-state index < -0.39 is 0 Å². The van der Waals surface area contributed by atoms with E-state index in [4.69, 9.17) is 6.42 Å². The summed E-state index contributed by atoms with van der Waals surface area (Å²) in [4.78, 5) is 2.21. The van der Waals surface area contributed by atoms with Crippen LogP contribution in [0, 0.1) is 22.8 Å². The van der Waals surface area contributed by atoms with Crippen molar-refractivity contribution in [2.24, 2.45) is 0 Å². The Balaban J connectivity index is 3.28. The number of hydrogen-bond acceptors (Lipinski definition) is 1. The third-order valence-electron chi connectivity index (χ3n) is 2.37. The van der Waals surface area contributed by atoms with Crippen molar-refractivity contribution in [3.05, 3.63) is 26.8 Å². The third kappa shape index (κ3) is 2.21. The van der Waals surface area contributed by atoms with Gasteiger partial charge in [0.05, 0.1) is 0 Å². The minimum absolute atomic E-state index is 0.954. The van der Waals surface area contributed by atoms with Crippen LogP contribution in [0.5, 0.6) is 0 Å². The fourth-order valence-electron chi connectivity index (χ4n) is 1.31. The molecule has 0 unspecified atom stereocenters. The fourth-order valence-corrected chi connectivity index (χ4v) is 1.93. The zero-order chi connectivity index (χ0) is 10.7. The number of hydrogen-bond donors (Lipinski definition) is 0. The highest BCUT2D eigenvalue weighted by atomic mass is 127. The standard InChI is InChI=1S/C12H14IN/c1-5-10-7-11(13)9(3)12(8-10)14(4)6-2/h1,7-8H,6H2,2-4H3. The summed E-state index contributed by atoms with van der Waals surface area (Å²) in [7, 11) is 2.08. The SMILES string of the molecule is C#Cc1cc(I)c(C)c(N(C)CC)c1. The Kier molecular flexibility index (Phi) is 3.82. The number of benzene rings is 1. The number of rotatable bonds is 2. The van der Waals surface area contributed by atoms with Gasteiger partial charge in [0.1, 0.15) is 0 Å². The van der Waals surface area contributed by atoms with Gasteiger partial charge >= 0.3 is 0 Å². The molecule has 0 atom stereocenters. The second-order valence-electron chi connectivity index (χ2n) is 3.26. The number of nitrogens with zero attached hydrogens (tertiary/aromatic N) is 1. The van der Waals surface area contributed by atoms with Gasteiger partial charge in [0, 0.05) is 28.4 Å². The van der Waals surface area contributed by atoms with Crippen molar-refractivity contribution < 1.29 is 0 Å². The highest BCUT2D eigenvalue weighted by Crippen LogP contribution is 2.25. The van der Waals surface area contributed by atoms with E-state index in [-0.39, 0.29) is 0 Å². The predicted octanol–water partition coefficient (Wildman–Crippen LogP) is 3.04. The van der Waals surface area contributed by atoms with E-state index in [0.29, 0.717) is 0 Å². The monoisotopic (exact) mass is 299 g/mol. The minimum atomic E-state index is 0.954. The Morgan fingerprint density at radius 1 is 1.50 bits per heavy atom. The number of anilines is 1. The van der Waals surface area contributed by atoms with Crippen molar-refractivity contribution in [1.82, 2.24) is 0 Å². The Labute approximate surface area is 99.6 Å². The van der Waals surface area contributed by atoms with Crippen molar-refractivity contribution >= 4 is 28.3 Å². The summed E-state index contributed by atoms with van der Waals surface area (Å²) in [6, 6.07) is 4.11. The first-order chi connectivity index (χ1) is 6.60. The second-order valence-corrected chi connectivity index (χ2v) is 4.42. The molecule has 0 aliphatic heterocycles. The second kappa shape index (κ2) is 4.70. The van der Waals surface area contributed by atoms with Gasteiger partial charge in [-0.15, -0.1) is 6.42 Å². The van der Waals surface area contributed by atoms with E-state index in [1.54, 1.807) is 0 Å². The minimum Gasteiger partial charge on any atom is -0.375 e. The summed E-state index contributed by atoms with van der Waals surface area (Å²) in [6.45, 7) is 5.25. The molecule has 0 radical (unpaired) electrons. The first kappa shape index (κ1) is 11.4. The van der Waals surface area contributed by atoms with Gasteiger partial charge in [0.15, 0.2) is 0 Å². The lowest BCUT2D eigenvalue weighted by Gasteiger charge is -2.20. The lowest BCUT2D eigenvalue weighted by Crippen LogP contribution is -2.17. The molecule has 0 heterocycles. The molecule has 2 heteroatoms. The van der Waals surface area contributed by atoms with Gasteiger partial charge in [-0.05, 0) is 54.1 Å². The largest absolute Gasteiger partial charge is 0.375 e. The highest BCUT2D eigenvalue weighted by Gasteiger charge is 2.07. The van der Waals surface area contributed by atoms with Crippen LogP contribution >= 0.6 is 22.6 Å². The topological polar surface area (TPSA) is 3.24 Å². The third-order valence-corrected chi connectivity index (χ3v) is 3.49. The van der Waals surface area contributed by atoms with Gasteiger partial charge in [-0.2, -0.15) is 0 Å². The van der Waals surface area contributed by atoms with Crippen LogP contribution in [0.4, 0.5) is 5.69 Å². The van der Waals surface area contributed by atoms with Crippen LogP contribution in [0.2, 0.25) is 0 Å². The molecule has 0 fully saturated rings. The Morgan fingerprint density at radius 2 is 2.14 bits per heavy atom. The summed E-state index contributed by atoms with van der Waals surface area (Å²) in [5, 5.41) is 0. The summed E-state index contributed by atoms with van der Waals surface area (Å²) in [6.07, 6.45) is 5.41. The average molecular weight is 299 g/mol. The summed E-state index contributed by atoms with van der Waals surface area (Å²) >= 11 is 2.33. The molecule has 14 heavy (non-hydrogen) atoms. The first-order valence-corrected chi connectivity index (χ1v) is 5.66. The van der Waals surface area contributed by atoms with E-state index in [0.717, 1.165) is 12.1 Å². The molecular weight excluding hydrogens is 285 g/mol. The van der Waals surface area contributed by atoms with Gasteiger partial charge in [0.2, 0.25) is 0 Å². The van der Waals surface area contributed by atoms with E-state index in [2.05, 4.69) is 60.4 Å². The van der Waals surface area contributed by atoms with Crippen LogP contribution in [0.15, 0.2) is 12.1 Å². The van der Waals surface area contributed by atoms with Gasteiger partial charge in [-0.1, -0.05) is 5.92 Å². The van der Waals surface area contributed by atoms with Crippen molar-refractivity contribution in [1.29, 1.82) is 0 Å². The zero-order valence-corrected chi connectivity index (χ0v) is 10.9. The molecule has 0 aromatic heterocycles. The highest BCUT2D eigenvalue weighted by molar-refractivity contribution is 14.1. The van der Waals surface area contributed by atoms with Crippen LogP contribution in [0.25, 0.3) is 0 Å². The van der Waals surface area contributed by atoms with Crippen LogP contribution in [0.1, 0.15) is 18.1 Å². The number of terminal acetylenes is 1. The van der Waals surface area contributed by atoms with Gasteiger partial charge < -0.3 is 4.90 Å². The van der Waals surface area contributed by atoms with E-state index in [1.807, 2.05) is 6.07 Å². The molecule has 0 amide bonds. The van der Waals surface area contributed by atoms with Gasteiger partial charge in [-0.3, -0.25) is 0 Å². The first-order valence-electron chi connectivity index (χ1n) is 4.58. The molecule has 0 aliphatic carbocycles. The van der Waals surface area contributed by atoms with Crippen molar-refractivity contribution in [3.63, 3.8) is 0 Å². The zero-order valence-electron chi connectivity index (χ0n) is 8.76. The molecule has 1 aromatic carbocycles. The van der Waals surface area contributed by atoms with Gasteiger partial charge in [-0.25, -0.2) is 0 Å². The molecule has 0 N–H and O–H groups in total. The molecule has 0 saturated heterocycles. The molecule has 1 rings (SSSR count). The fraction of sp³-hybridized carbons (Fsp3) is 0.333. The Hall–Kier alpha value is -0.690. The van der Waals surface area contributed by atoms with Crippen molar-refractivity contribution in [2.75, 3.05) is 18.5 Å². The maximum atomic E-state index is 5.41. The molecule has 0 bridgehead atoms. The normalized spacial score (nSPS) is 9.64. The van der Waals surface area contributed by atoms with Crippen molar-refractivity contribution in [3.8, 4) is 12.3 Å². The summed E-state index contributed by atoms with van der Waals surface area (Å²) in [5.74, 6) is 2.68. The Bertz CT molecular complexity index is 377. The molecule has 0 spiro atoms. The average Bonchev–Trinajstić information content (AvgIpc) is 2.20. The molecule has 1 nitrogen and oxygen atoms in total. The maximum Gasteiger partial charge on any atom is 0.0416 e. The van der Waals surface area contributed by atoms with E-state index in [1.165, 1.54) is 14.8 Å². The van der Waals surface area contributed by atoms with Crippen LogP contribution in [-0.4, -0.2) is 13.6 Å². The van der Waals surface area contributed by atoms with Crippen LogP contribution in [-0.2, 0) is 0 Å². The summed E-state index contributed by atoms with van der Waals surface area (Å²) in [5.41, 5.74) is 3.48. The molecule has 74 valence electrons. The maximum absolute atomic E-state index is 5.41. The van der Waals surface area contributed by atoms with Crippen LogP contribution in [0.3, 0.4) is 0 Å². The smallest absolute Gasteiger partial charge is 0.0416 e. The molecular formula is C12H14IN. The molecule has 0 aliphatic rings. The van der Waals surface area contributed by atoms with Crippen LogP contribution < -0.4 is 4.90 Å². The lowest BCUT2D eigenvalue weighted by atomic mass is 10.1. The Morgan fingerprint density at radius 3 is 2.64 bits per heavy atom.